The van der Waals surface area contributed by atoms with Gasteiger partial charge in [0.05, 0.1) is 0 Å². The molecule has 20 heavy (non-hydrogen) atoms. The summed E-state index contributed by atoms with van der Waals surface area (Å²) in [5.74, 6) is 0. The van der Waals surface area contributed by atoms with E-state index >= 15 is 0 Å². The van der Waals surface area contributed by atoms with Gasteiger partial charge in [-0.25, -0.2) is 0 Å². The first kappa shape index (κ1) is 14.7. The van der Waals surface area contributed by atoms with Gasteiger partial charge in [0, 0.05) is 29.7 Å². The van der Waals surface area contributed by atoms with Crippen LogP contribution in [0.2, 0.25) is 0 Å². The van der Waals surface area contributed by atoms with Crippen LogP contribution in [0.5, 0.6) is 0 Å². The normalized spacial score (nSPS) is 12.4. The number of pyridine rings is 2. The van der Waals surface area contributed by atoms with Crippen molar-refractivity contribution in [3.8, 4) is 0 Å². The van der Waals surface area contributed by atoms with Gasteiger partial charge in [-0.2, -0.15) is 0 Å². The number of rotatable bonds is 3. The van der Waals surface area contributed by atoms with Crippen LogP contribution in [0.4, 0.5) is 0 Å². The Kier molecular flexibility index (Phi) is 3.94. The first-order valence-electron chi connectivity index (χ1n) is 7.15. The molecule has 2 aromatic rings. The van der Waals surface area contributed by atoms with Crippen molar-refractivity contribution in [3.63, 3.8) is 0 Å². The van der Waals surface area contributed by atoms with Crippen LogP contribution in [0.3, 0.4) is 0 Å². The summed E-state index contributed by atoms with van der Waals surface area (Å²) < 4.78 is 0. The third kappa shape index (κ3) is 3.44. The highest BCUT2D eigenvalue weighted by molar-refractivity contribution is 5.28. The molecule has 0 bridgehead atoms. The Morgan fingerprint density at radius 3 is 2.15 bits per heavy atom. The second-order valence-electron chi connectivity index (χ2n) is 7.10. The van der Waals surface area contributed by atoms with Crippen LogP contribution in [-0.4, -0.2) is 9.97 Å². The van der Waals surface area contributed by atoms with Gasteiger partial charge >= 0.3 is 0 Å². The van der Waals surface area contributed by atoms with E-state index in [1.807, 2.05) is 18.6 Å². The molecule has 0 aliphatic rings. The molecule has 0 atom stereocenters. The van der Waals surface area contributed by atoms with Gasteiger partial charge in [0.2, 0.25) is 0 Å². The zero-order chi connectivity index (χ0) is 14.8. The lowest BCUT2D eigenvalue weighted by atomic mass is 9.79. The van der Waals surface area contributed by atoms with Gasteiger partial charge in [-0.05, 0) is 47.2 Å². The number of hydrogen-bond donors (Lipinski definition) is 0. The predicted molar refractivity (Wildman–Crippen MR) is 83.9 cm³/mol. The van der Waals surface area contributed by atoms with Gasteiger partial charge in [-0.3, -0.25) is 9.97 Å². The highest BCUT2D eigenvalue weighted by atomic mass is 14.7. The lowest BCUT2D eigenvalue weighted by Gasteiger charge is -2.26. The SMILES string of the molecule is CC(C)(C)c1cc(CC(C)(C)c2ccncc2)ccn1. The van der Waals surface area contributed by atoms with Crippen molar-refractivity contribution in [1.82, 2.24) is 9.97 Å². The third-order valence-corrected chi connectivity index (χ3v) is 3.70. The molecule has 0 unspecified atom stereocenters. The van der Waals surface area contributed by atoms with Gasteiger partial charge in [-0.1, -0.05) is 34.6 Å². The van der Waals surface area contributed by atoms with Crippen molar-refractivity contribution >= 4 is 0 Å². The quantitative estimate of drug-likeness (QED) is 0.829. The fraction of sp³-hybridized carbons (Fsp3) is 0.444. The lowest BCUT2D eigenvalue weighted by Crippen LogP contribution is -2.21. The summed E-state index contributed by atoms with van der Waals surface area (Å²) in [6.07, 6.45) is 6.66. The minimum absolute atomic E-state index is 0.0941. The number of aromatic nitrogens is 2. The molecule has 0 aromatic carbocycles. The zero-order valence-corrected chi connectivity index (χ0v) is 13.1. The van der Waals surface area contributed by atoms with Gasteiger partial charge in [0.1, 0.15) is 0 Å². The maximum absolute atomic E-state index is 4.50. The second-order valence-corrected chi connectivity index (χ2v) is 7.10. The molecule has 2 rings (SSSR count). The average molecular weight is 268 g/mol. The van der Waals surface area contributed by atoms with Crippen LogP contribution in [-0.2, 0) is 17.3 Å². The van der Waals surface area contributed by atoms with Crippen LogP contribution >= 0.6 is 0 Å². The highest BCUT2D eigenvalue weighted by Gasteiger charge is 2.22. The standard InChI is InChI=1S/C18H24N2/c1-17(2,3)16-12-14(6-11-20-16)13-18(4,5)15-7-9-19-10-8-15/h6-12H,13H2,1-5H3. The van der Waals surface area contributed by atoms with Crippen molar-refractivity contribution < 1.29 is 0 Å². The Bertz CT molecular complexity index is 565. The fourth-order valence-corrected chi connectivity index (χ4v) is 2.41. The van der Waals surface area contributed by atoms with Crippen LogP contribution in [0.15, 0.2) is 42.9 Å². The summed E-state index contributed by atoms with van der Waals surface area (Å²) in [6, 6.07) is 8.57. The smallest absolute Gasteiger partial charge is 0.0459 e. The monoisotopic (exact) mass is 268 g/mol. The first-order valence-corrected chi connectivity index (χ1v) is 7.15. The van der Waals surface area contributed by atoms with Gasteiger partial charge in [0.15, 0.2) is 0 Å². The van der Waals surface area contributed by atoms with Gasteiger partial charge < -0.3 is 0 Å². The maximum Gasteiger partial charge on any atom is 0.0459 e. The molecule has 2 heterocycles. The molecule has 0 fully saturated rings. The van der Waals surface area contributed by atoms with Gasteiger partial charge in [0.25, 0.3) is 0 Å². The molecule has 0 amide bonds. The molecular formula is C18H24N2. The van der Waals surface area contributed by atoms with E-state index in [0.717, 1.165) is 12.1 Å². The summed E-state index contributed by atoms with van der Waals surface area (Å²) in [5.41, 5.74) is 4.00. The Balaban J connectivity index is 2.26. The van der Waals surface area contributed by atoms with E-state index < -0.39 is 0 Å². The predicted octanol–water partition coefficient (Wildman–Crippen LogP) is 4.29. The van der Waals surface area contributed by atoms with E-state index in [4.69, 9.17) is 0 Å². The van der Waals surface area contributed by atoms with E-state index in [-0.39, 0.29) is 10.8 Å². The molecule has 0 aliphatic carbocycles. The molecule has 0 saturated heterocycles. The molecule has 2 aromatic heterocycles. The minimum Gasteiger partial charge on any atom is -0.265 e. The van der Waals surface area contributed by atoms with Crippen LogP contribution in [0.25, 0.3) is 0 Å². The molecular weight excluding hydrogens is 244 g/mol. The molecule has 0 saturated carbocycles. The zero-order valence-electron chi connectivity index (χ0n) is 13.1. The molecule has 0 aliphatic heterocycles. The topological polar surface area (TPSA) is 25.8 Å². The van der Waals surface area contributed by atoms with Crippen molar-refractivity contribution in [1.29, 1.82) is 0 Å². The third-order valence-electron chi connectivity index (χ3n) is 3.70. The lowest BCUT2D eigenvalue weighted by molar-refractivity contribution is 0.517. The van der Waals surface area contributed by atoms with Crippen molar-refractivity contribution in [2.45, 2.75) is 51.9 Å². The molecule has 2 heteroatoms. The van der Waals surface area contributed by atoms with Crippen molar-refractivity contribution in [3.05, 3.63) is 59.7 Å². The Morgan fingerprint density at radius 2 is 1.55 bits per heavy atom. The maximum atomic E-state index is 4.50. The van der Waals surface area contributed by atoms with Crippen LogP contribution in [0.1, 0.15) is 51.4 Å². The van der Waals surface area contributed by atoms with E-state index in [2.05, 4.69) is 68.9 Å². The summed E-state index contributed by atoms with van der Waals surface area (Å²) >= 11 is 0. The van der Waals surface area contributed by atoms with Gasteiger partial charge in [-0.15, -0.1) is 0 Å². The van der Waals surface area contributed by atoms with E-state index in [9.17, 15) is 0 Å². The Hall–Kier alpha value is -1.70. The molecule has 106 valence electrons. The first-order chi connectivity index (χ1) is 9.29. The van der Waals surface area contributed by atoms with Crippen molar-refractivity contribution in [2.75, 3.05) is 0 Å². The van der Waals surface area contributed by atoms with E-state index in [1.54, 1.807) is 0 Å². The molecule has 2 nitrogen and oxygen atoms in total. The van der Waals surface area contributed by atoms with E-state index in [0.29, 0.717) is 0 Å². The summed E-state index contributed by atoms with van der Waals surface area (Å²) in [7, 11) is 0. The number of hydrogen-bond acceptors (Lipinski definition) is 2. The molecule has 0 spiro atoms. The Labute approximate surface area is 122 Å². The Morgan fingerprint density at radius 1 is 0.900 bits per heavy atom. The summed E-state index contributed by atoms with van der Waals surface area (Å²) in [5, 5.41) is 0. The van der Waals surface area contributed by atoms with Crippen LogP contribution in [0, 0.1) is 0 Å². The number of nitrogens with zero attached hydrogens (tertiary/aromatic N) is 2. The van der Waals surface area contributed by atoms with E-state index in [1.165, 1.54) is 11.1 Å². The summed E-state index contributed by atoms with van der Waals surface area (Å²) in [6.45, 7) is 11.2. The molecule has 0 N–H and O–H groups in total. The molecule has 0 radical (unpaired) electrons. The summed E-state index contributed by atoms with van der Waals surface area (Å²) in [4.78, 5) is 8.61. The average Bonchev–Trinajstić information content (AvgIpc) is 2.38. The highest BCUT2D eigenvalue weighted by Crippen LogP contribution is 2.28. The minimum atomic E-state index is 0.0941. The second kappa shape index (κ2) is 5.35. The largest absolute Gasteiger partial charge is 0.265 e. The van der Waals surface area contributed by atoms with Crippen LogP contribution < -0.4 is 0 Å². The van der Waals surface area contributed by atoms with Crippen molar-refractivity contribution in [2.24, 2.45) is 0 Å². The fourth-order valence-electron chi connectivity index (χ4n) is 2.41.